The van der Waals surface area contributed by atoms with Gasteiger partial charge in [0.25, 0.3) is 0 Å². The van der Waals surface area contributed by atoms with Crippen LogP contribution in [0.1, 0.15) is 23.9 Å². The van der Waals surface area contributed by atoms with Gasteiger partial charge in [0, 0.05) is 25.8 Å². The van der Waals surface area contributed by atoms with E-state index in [-0.39, 0.29) is 30.1 Å². The number of fused-ring (bicyclic) bond motifs is 1. The van der Waals surface area contributed by atoms with Crippen LogP contribution in [0.5, 0.6) is 11.5 Å². The number of nitrogens with one attached hydrogen (secondary N) is 2. The second-order valence-electron chi connectivity index (χ2n) is 6.67. The molecule has 0 radical (unpaired) electrons. The maximum absolute atomic E-state index is 5.97. The first-order valence-corrected chi connectivity index (χ1v) is 9.48. The van der Waals surface area contributed by atoms with Crippen molar-refractivity contribution in [2.24, 2.45) is 12.0 Å². The Kier molecular flexibility index (Phi) is 8.40. The van der Waals surface area contributed by atoms with Gasteiger partial charge in [0.05, 0.1) is 12.2 Å². The predicted molar refractivity (Wildman–Crippen MR) is 122 cm³/mol. The molecular formula is C20H30IN5O2. The molecule has 154 valence electrons. The maximum Gasteiger partial charge on any atom is 0.191 e. The first kappa shape index (κ1) is 22.3. The predicted octanol–water partition coefficient (Wildman–Crippen LogP) is 2.59. The van der Waals surface area contributed by atoms with Crippen molar-refractivity contribution in [3.63, 3.8) is 0 Å². The molecule has 0 amide bonds. The van der Waals surface area contributed by atoms with Crippen molar-refractivity contribution in [1.82, 2.24) is 20.4 Å². The summed E-state index contributed by atoms with van der Waals surface area (Å²) in [6, 6.07) is 7.73. The molecule has 2 N–H and O–H groups in total. The van der Waals surface area contributed by atoms with Gasteiger partial charge in [-0.15, -0.1) is 24.0 Å². The van der Waals surface area contributed by atoms with E-state index >= 15 is 0 Å². The van der Waals surface area contributed by atoms with Crippen molar-refractivity contribution in [2.75, 3.05) is 26.2 Å². The van der Waals surface area contributed by atoms with Crippen LogP contribution in [0.25, 0.3) is 0 Å². The standard InChI is InChI=1S/C20H29N5O2.HI/c1-5-21-20(22-11-10-17-14(2)24-25(4)15(17)3)23-12-16-13-26-18-8-6-7-9-19(18)27-16;/h6-9,16H,5,10-13H2,1-4H3,(H2,21,22,23);1H. The summed E-state index contributed by atoms with van der Waals surface area (Å²) in [5, 5.41) is 11.2. The molecule has 28 heavy (non-hydrogen) atoms. The lowest BCUT2D eigenvalue weighted by Gasteiger charge is -2.25. The smallest absolute Gasteiger partial charge is 0.191 e. The van der Waals surface area contributed by atoms with Crippen LogP contribution in [0.15, 0.2) is 29.3 Å². The Morgan fingerprint density at radius 3 is 2.68 bits per heavy atom. The van der Waals surface area contributed by atoms with Crippen molar-refractivity contribution < 1.29 is 9.47 Å². The number of aromatic nitrogens is 2. The van der Waals surface area contributed by atoms with E-state index in [1.165, 1.54) is 11.3 Å². The molecule has 1 aromatic heterocycles. The van der Waals surface area contributed by atoms with Crippen molar-refractivity contribution in [3.05, 3.63) is 41.2 Å². The topological polar surface area (TPSA) is 72.7 Å². The number of halogens is 1. The van der Waals surface area contributed by atoms with Gasteiger partial charge < -0.3 is 20.1 Å². The van der Waals surface area contributed by atoms with Crippen LogP contribution in [0.3, 0.4) is 0 Å². The molecule has 8 heteroatoms. The number of ether oxygens (including phenoxy) is 2. The molecule has 0 aliphatic carbocycles. The Morgan fingerprint density at radius 1 is 1.25 bits per heavy atom. The molecule has 3 rings (SSSR count). The maximum atomic E-state index is 5.97. The third-order valence-electron chi connectivity index (χ3n) is 4.69. The number of nitrogens with zero attached hydrogens (tertiary/aromatic N) is 3. The highest BCUT2D eigenvalue weighted by Gasteiger charge is 2.20. The van der Waals surface area contributed by atoms with Gasteiger partial charge in [-0.25, -0.2) is 4.99 Å². The molecular weight excluding hydrogens is 469 g/mol. The molecule has 7 nitrogen and oxygen atoms in total. The molecule has 0 bridgehead atoms. The number of hydrogen-bond acceptors (Lipinski definition) is 4. The fraction of sp³-hybridized carbons (Fsp3) is 0.500. The number of para-hydroxylation sites is 2. The van der Waals surface area contributed by atoms with Crippen LogP contribution in [0.2, 0.25) is 0 Å². The summed E-state index contributed by atoms with van der Waals surface area (Å²) in [4.78, 5) is 4.66. The second kappa shape index (κ2) is 10.5. The second-order valence-corrected chi connectivity index (χ2v) is 6.67. The largest absolute Gasteiger partial charge is 0.486 e. The van der Waals surface area contributed by atoms with Crippen molar-refractivity contribution in [1.29, 1.82) is 0 Å². The third kappa shape index (κ3) is 5.52. The normalized spacial score (nSPS) is 15.7. The average molecular weight is 499 g/mol. The third-order valence-corrected chi connectivity index (χ3v) is 4.69. The zero-order valence-corrected chi connectivity index (χ0v) is 19.3. The highest BCUT2D eigenvalue weighted by atomic mass is 127. The summed E-state index contributed by atoms with van der Waals surface area (Å²) in [6.45, 7) is 8.87. The van der Waals surface area contributed by atoms with Crippen molar-refractivity contribution >= 4 is 29.9 Å². The molecule has 0 saturated carbocycles. The molecule has 1 atom stereocenters. The van der Waals surface area contributed by atoms with Gasteiger partial charge in [0.1, 0.15) is 6.61 Å². The van der Waals surface area contributed by atoms with Gasteiger partial charge >= 0.3 is 0 Å². The minimum Gasteiger partial charge on any atom is -0.486 e. The lowest BCUT2D eigenvalue weighted by Crippen LogP contribution is -2.40. The summed E-state index contributed by atoms with van der Waals surface area (Å²) in [5.74, 6) is 2.37. The lowest BCUT2D eigenvalue weighted by atomic mass is 10.1. The van der Waals surface area contributed by atoms with Crippen molar-refractivity contribution in [2.45, 2.75) is 33.3 Å². The van der Waals surface area contributed by atoms with E-state index in [0.717, 1.165) is 42.7 Å². The van der Waals surface area contributed by atoms with Crippen LogP contribution in [-0.2, 0) is 13.5 Å². The van der Waals surface area contributed by atoms with Gasteiger partial charge in [0.2, 0.25) is 0 Å². The number of hydrogen-bond donors (Lipinski definition) is 2. The summed E-state index contributed by atoms with van der Waals surface area (Å²) in [6.07, 6.45) is 0.824. The Balaban J connectivity index is 0.00000280. The highest BCUT2D eigenvalue weighted by molar-refractivity contribution is 14.0. The van der Waals surface area contributed by atoms with Crippen LogP contribution in [-0.4, -0.2) is 48.1 Å². The molecule has 1 aromatic carbocycles. The molecule has 0 saturated heterocycles. The Labute approximate surface area is 183 Å². The van der Waals surface area contributed by atoms with E-state index in [4.69, 9.17) is 9.47 Å². The minimum absolute atomic E-state index is 0. The van der Waals surface area contributed by atoms with Gasteiger partial charge in [-0.2, -0.15) is 5.10 Å². The number of aryl methyl sites for hydroxylation is 2. The lowest BCUT2D eigenvalue weighted by molar-refractivity contribution is 0.0971. The zero-order valence-electron chi connectivity index (χ0n) is 17.0. The van der Waals surface area contributed by atoms with Gasteiger partial charge in [-0.1, -0.05) is 12.1 Å². The number of aliphatic imine (C=N–C) groups is 1. The fourth-order valence-electron chi connectivity index (χ4n) is 3.17. The molecule has 1 unspecified atom stereocenters. The van der Waals surface area contributed by atoms with Crippen LogP contribution in [0.4, 0.5) is 0 Å². The first-order chi connectivity index (χ1) is 13.1. The minimum atomic E-state index is -0.0850. The van der Waals surface area contributed by atoms with Gasteiger partial charge in [0.15, 0.2) is 23.6 Å². The molecule has 0 spiro atoms. The van der Waals surface area contributed by atoms with E-state index in [2.05, 4.69) is 41.5 Å². The summed E-state index contributed by atoms with van der Waals surface area (Å²) in [7, 11) is 1.98. The Morgan fingerprint density at radius 2 is 2.00 bits per heavy atom. The van der Waals surface area contributed by atoms with E-state index < -0.39 is 0 Å². The van der Waals surface area contributed by atoms with Gasteiger partial charge in [-0.3, -0.25) is 4.68 Å². The van der Waals surface area contributed by atoms with E-state index in [1.54, 1.807) is 0 Å². The van der Waals surface area contributed by atoms with Crippen molar-refractivity contribution in [3.8, 4) is 11.5 Å². The van der Waals surface area contributed by atoms with E-state index in [9.17, 15) is 0 Å². The van der Waals surface area contributed by atoms with Crippen LogP contribution in [0, 0.1) is 13.8 Å². The van der Waals surface area contributed by atoms with Gasteiger partial charge in [-0.05, 0) is 44.9 Å². The Bertz CT molecular complexity index is 806. The van der Waals surface area contributed by atoms with Crippen LogP contribution < -0.4 is 20.1 Å². The monoisotopic (exact) mass is 499 g/mol. The first-order valence-electron chi connectivity index (χ1n) is 9.48. The highest BCUT2D eigenvalue weighted by Crippen LogP contribution is 2.30. The zero-order chi connectivity index (χ0) is 19.2. The summed E-state index contributed by atoms with van der Waals surface area (Å²) >= 11 is 0. The molecule has 2 aromatic rings. The number of guanidine groups is 1. The molecule has 0 fully saturated rings. The Hall–Kier alpha value is -1.97. The quantitative estimate of drug-likeness (QED) is 0.363. The molecule has 1 aliphatic rings. The summed E-state index contributed by atoms with van der Waals surface area (Å²) in [5.41, 5.74) is 3.59. The summed E-state index contributed by atoms with van der Waals surface area (Å²) < 4.78 is 13.7. The number of rotatable bonds is 6. The molecule has 1 aliphatic heterocycles. The SMILES string of the molecule is CCNC(=NCC1COc2ccccc2O1)NCCc1c(C)nn(C)c1C.I. The van der Waals surface area contributed by atoms with E-state index in [0.29, 0.717) is 13.2 Å². The average Bonchev–Trinajstić information content (AvgIpc) is 2.91. The number of benzene rings is 1. The molecule has 2 heterocycles. The van der Waals surface area contributed by atoms with E-state index in [1.807, 2.05) is 36.0 Å². The fourth-order valence-corrected chi connectivity index (χ4v) is 3.17. The van der Waals surface area contributed by atoms with Crippen LogP contribution >= 0.6 is 24.0 Å².